The van der Waals surface area contributed by atoms with Gasteiger partial charge in [0.25, 0.3) is 0 Å². The van der Waals surface area contributed by atoms with Crippen molar-refractivity contribution in [2.24, 2.45) is 11.1 Å². The molecule has 0 saturated heterocycles. The van der Waals surface area contributed by atoms with E-state index in [1.54, 1.807) is 17.1 Å². The molecule has 1 amide bonds. The number of carbonyl (C=O) groups excluding carboxylic acids is 1. The van der Waals surface area contributed by atoms with Crippen molar-refractivity contribution in [1.29, 1.82) is 0 Å². The Bertz CT molecular complexity index is 668. The SMILES string of the molecule is Cl.NCC1(CC(=O)NCc2cccnc2-n2cccn2)CCCCC1. The first-order chi connectivity index (χ1) is 11.7. The fourth-order valence-electron chi connectivity index (χ4n) is 3.52. The molecule has 6 nitrogen and oxygen atoms in total. The average molecular weight is 364 g/mol. The van der Waals surface area contributed by atoms with E-state index in [4.69, 9.17) is 5.73 Å². The highest BCUT2D eigenvalue weighted by Gasteiger charge is 2.32. The normalized spacial score (nSPS) is 16.0. The molecule has 25 heavy (non-hydrogen) atoms. The van der Waals surface area contributed by atoms with E-state index in [9.17, 15) is 4.79 Å². The topological polar surface area (TPSA) is 85.8 Å². The predicted octanol–water partition coefficient (Wildman–Crippen LogP) is 2.60. The van der Waals surface area contributed by atoms with E-state index in [1.807, 2.05) is 24.4 Å². The minimum absolute atomic E-state index is 0. The summed E-state index contributed by atoms with van der Waals surface area (Å²) in [5.41, 5.74) is 6.91. The van der Waals surface area contributed by atoms with Crippen LogP contribution in [0.5, 0.6) is 0 Å². The number of aromatic nitrogens is 3. The van der Waals surface area contributed by atoms with E-state index >= 15 is 0 Å². The minimum atomic E-state index is -0.0118. The van der Waals surface area contributed by atoms with Crippen LogP contribution in [0.2, 0.25) is 0 Å². The van der Waals surface area contributed by atoms with Crippen molar-refractivity contribution in [2.45, 2.75) is 45.1 Å². The molecule has 7 heteroatoms. The van der Waals surface area contributed by atoms with E-state index < -0.39 is 0 Å². The molecule has 0 spiro atoms. The Balaban J connectivity index is 0.00000225. The van der Waals surface area contributed by atoms with Gasteiger partial charge in [0, 0.05) is 37.1 Å². The molecule has 3 rings (SSSR count). The van der Waals surface area contributed by atoms with Crippen LogP contribution in [0.3, 0.4) is 0 Å². The van der Waals surface area contributed by atoms with Crippen LogP contribution in [0.4, 0.5) is 0 Å². The van der Waals surface area contributed by atoms with Crippen molar-refractivity contribution in [1.82, 2.24) is 20.1 Å². The Kier molecular flexibility index (Phi) is 6.96. The first-order valence-electron chi connectivity index (χ1n) is 8.63. The van der Waals surface area contributed by atoms with Crippen LogP contribution < -0.4 is 11.1 Å². The van der Waals surface area contributed by atoms with Crippen LogP contribution in [-0.4, -0.2) is 27.2 Å². The van der Waals surface area contributed by atoms with Crippen LogP contribution in [-0.2, 0) is 11.3 Å². The van der Waals surface area contributed by atoms with Crippen molar-refractivity contribution in [3.8, 4) is 5.82 Å². The molecule has 1 saturated carbocycles. The van der Waals surface area contributed by atoms with Crippen LogP contribution in [0, 0.1) is 5.41 Å². The molecule has 0 bridgehead atoms. The molecule has 0 aliphatic heterocycles. The summed E-state index contributed by atoms with van der Waals surface area (Å²) in [6, 6.07) is 5.69. The molecule has 0 unspecified atom stereocenters. The molecule has 136 valence electrons. The predicted molar refractivity (Wildman–Crippen MR) is 99.6 cm³/mol. The van der Waals surface area contributed by atoms with Crippen LogP contribution in [0.1, 0.15) is 44.1 Å². The first kappa shape index (κ1) is 19.4. The summed E-state index contributed by atoms with van der Waals surface area (Å²) in [5, 5.41) is 7.25. The number of nitrogens with zero attached hydrogens (tertiary/aromatic N) is 3. The zero-order valence-corrected chi connectivity index (χ0v) is 15.2. The molecular formula is C18H26ClN5O. The molecule has 0 aromatic carbocycles. The fraction of sp³-hybridized carbons (Fsp3) is 0.500. The summed E-state index contributed by atoms with van der Waals surface area (Å²) in [6.45, 7) is 1.04. The molecule has 3 N–H and O–H groups in total. The van der Waals surface area contributed by atoms with E-state index in [0.29, 0.717) is 19.5 Å². The molecule has 2 heterocycles. The number of amides is 1. The third-order valence-electron chi connectivity index (χ3n) is 4.95. The molecule has 1 aliphatic carbocycles. The van der Waals surface area contributed by atoms with Gasteiger partial charge in [0.2, 0.25) is 5.91 Å². The number of nitrogens with one attached hydrogen (secondary N) is 1. The van der Waals surface area contributed by atoms with Crippen molar-refractivity contribution in [2.75, 3.05) is 6.54 Å². The second kappa shape index (κ2) is 8.97. The Hall–Kier alpha value is -1.92. The van der Waals surface area contributed by atoms with Gasteiger partial charge in [0.1, 0.15) is 0 Å². The molecule has 2 aromatic rings. The maximum Gasteiger partial charge on any atom is 0.220 e. The highest BCUT2D eigenvalue weighted by atomic mass is 35.5. The molecule has 0 radical (unpaired) electrons. The highest BCUT2D eigenvalue weighted by molar-refractivity contribution is 5.85. The van der Waals surface area contributed by atoms with Gasteiger partial charge in [-0.1, -0.05) is 25.3 Å². The second-order valence-electron chi connectivity index (χ2n) is 6.66. The van der Waals surface area contributed by atoms with Crippen molar-refractivity contribution in [3.05, 3.63) is 42.4 Å². The first-order valence-corrected chi connectivity index (χ1v) is 8.63. The minimum Gasteiger partial charge on any atom is -0.352 e. The van der Waals surface area contributed by atoms with E-state index in [0.717, 1.165) is 24.2 Å². The second-order valence-corrected chi connectivity index (χ2v) is 6.66. The fourth-order valence-corrected chi connectivity index (χ4v) is 3.52. The quantitative estimate of drug-likeness (QED) is 0.826. The van der Waals surface area contributed by atoms with Crippen molar-refractivity contribution >= 4 is 18.3 Å². The maximum absolute atomic E-state index is 12.4. The zero-order valence-electron chi connectivity index (χ0n) is 14.4. The largest absolute Gasteiger partial charge is 0.352 e. The van der Waals surface area contributed by atoms with Crippen molar-refractivity contribution < 1.29 is 4.79 Å². The number of carbonyl (C=O) groups is 1. The summed E-state index contributed by atoms with van der Waals surface area (Å²) in [6.07, 6.45) is 11.5. The van der Waals surface area contributed by atoms with Gasteiger partial charge in [-0.15, -0.1) is 12.4 Å². The van der Waals surface area contributed by atoms with Gasteiger partial charge >= 0.3 is 0 Å². The summed E-state index contributed by atoms with van der Waals surface area (Å²) in [7, 11) is 0. The number of nitrogens with two attached hydrogens (primary N) is 1. The number of halogens is 1. The highest BCUT2D eigenvalue weighted by Crippen LogP contribution is 2.38. The lowest BCUT2D eigenvalue weighted by Crippen LogP contribution is -2.38. The third kappa shape index (κ3) is 4.80. The van der Waals surface area contributed by atoms with E-state index in [2.05, 4.69) is 15.4 Å². The summed E-state index contributed by atoms with van der Waals surface area (Å²) in [5.74, 6) is 0.812. The summed E-state index contributed by atoms with van der Waals surface area (Å²) >= 11 is 0. The van der Waals surface area contributed by atoms with E-state index in [1.165, 1.54) is 19.3 Å². The Labute approximate surface area is 154 Å². The molecule has 1 fully saturated rings. The standard InChI is InChI=1S/C18H25N5O.ClH/c19-14-18(7-2-1-3-8-18)12-16(24)21-13-15-6-4-9-20-17(15)23-11-5-10-22-23;/h4-6,9-11H,1-3,7-8,12-14,19H2,(H,21,24);1H. The molecule has 1 aliphatic rings. The number of hydrogen-bond acceptors (Lipinski definition) is 4. The Morgan fingerprint density at radius 3 is 2.72 bits per heavy atom. The average Bonchev–Trinajstić information content (AvgIpc) is 3.15. The molecular weight excluding hydrogens is 338 g/mol. The maximum atomic E-state index is 12.4. The van der Waals surface area contributed by atoms with E-state index in [-0.39, 0.29) is 23.7 Å². The van der Waals surface area contributed by atoms with Crippen LogP contribution in [0.15, 0.2) is 36.8 Å². The van der Waals surface area contributed by atoms with Gasteiger partial charge < -0.3 is 11.1 Å². The summed E-state index contributed by atoms with van der Waals surface area (Å²) < 4.78 is 1.71. The lowest BCUT2D eigenvalue weighted by atomic mass is 9.71. The van der Waals surface area contributed by atoms with Gasteiger partial charge in [-0.2, -0.15) is 5.10 Å². The monoisotopic (exact) mass is 363 g/mol. The van der Waals surface area contributed by atoms with Gasteiger partial charge in [-0.3, -0.25) is 4.79 Å². The lowest BCUT2D eigenvalue weighted by molar-refractivity contribution is -0.124. The van der Waals surface area contributed by atoms with Gasteiger partial charge in [0.05, 0.1) is 0 Å². The zero-order chi connectivity index (χ0) is 16.8. The van der Waals surface area contributed by atoms with Crippen LogP contribution >= 0.6 is 12.4 Å². The summed E-state index contributed by atoms with van der Waals surface area (Å²) in [4.78, 5) is 16.8. The third-order valence-corrected chi connectivity index (χ3v) is 4.95. The number of hydrogen-bond donors (Lipinski definition) is 2. The van der Waals surface area contributed by atoms with Crippen molar-refractivity contribution in [3.63, 3.8) is 0 Å². The smallest absolute Gasteiger partial charge is 0.220 e. The van der Waals surface area contributed by atoms with Gasteiger partial charge in [-0.25, -0.2) is 9.67 Å². The lowest BCUT2D eigenvalue weighted by Gasteiger charge is -2.35. The molecule has 2 aromatic heterocycles. The Morgan fingerprint density at radius 1 is 1.24 bits per heavy atom. The number of pyridine rings is 1. The van der Waals surface area contributed by atoms with Crippen LogP contribution in [0.25, 0.3) is 5.82 Å². The van der Waals surface area contributed by atoms with Gasteiger partial charge in [0.15, 0.2) is 5.82 Å². The molecule has 0 atom stereocenters. The number of rotatable bonds is 6. The van der Waals surface area contributed by atoms with Gasteiger partial charge in [-0.05, 0) is 36.9 Å². The Morgan fingerprint density at radius 2 is 2.04 bits per heavy atom.